The van der Waals surface area contributed by atoms with Crippen LogP contribution in [0.2, 0.25) is 0 Å². The number of amides is 3. The van der Waals surface area contributed by atoms with Gasteiger partial charge in [0.05, 0.1) is 13.1 Å². The first kappa shape index (κ1) is 26.0. The van der Waals surface area contributed by atoms with E-state index in [1.807, 2.05) is 0 Å². The largest absolute Gasteiger partial charge is 0.477 e. The van der Waals surface area contributed by atoms with Crippen LogP contribution in [0.5, 0.6) is 0 Å². The molecule has 14 nitrogen and oxygen atoms in total. The normalized spacial score (nSPS) is 19.4. The molecule has 2 atom stereocenters. The fourth-order valence-corrected chi connectivity index (χ4v) is 5.65. The molecule has 3 amide bonds. The van der Waals surface area contributed by atoms with Crippen LogP contribution in [0.4, 0.5) is 19.7 Å². The molecule has 4 heterocycles. The van der Waals surface area contributed by atoms with E-state index < -0.39 is 41.5 Å². The first-order valence-corrected chi connectivity index (χ1v) is 12.2. The van der Waals surface area contributed by atoms with Gasteiger partial charge in [-0.3, -0.25) is 19.3 Å². The van der Waals surface area contributed by atoms with Gasteiger partial charge in [-0.1, -0.05) is 5.16 Å². The number of alkyl halides is 2. The molecule has 1 fully saturated rings. The highest BCUT2D eigenvalue weighted by Crippen LogP contribution is 2.40. The SMILES string of the molecule is Cn1c(NC=O)cc[n+]1CC1=C(C(=O)O)N2C(=O)[C@@H](NC(=O)C(=NOC(F)F)c3csc(N)n3)[C@H]2SC1. The fourth-order valence-electron chi connectivity index (χ4n) is 3.77. The van der Waals surface area contributed by atoms with Crippen LogP contribution in [0.1, 0.15) is 5.69 Å². The Morgan fingerprint density at radius 2 is 2.24 bits per heavy atom. The van der Waals surface area contributed by atoms with Crippen LogP contribution in [0.15, 0.2) is 34.1 Å². The molecule has 2 aliphatic rings. The molecule has 0 saturated carbocycles. The maximum atomic E-state index is 12.9. The number of aromatic nitrogens is 3. The summed E-state index contributed by atoms with van der Waals surface area (Å²) in [5.74, 6) is -2.36. The van der Waals surface area contributed by atoms with Crippen molar-refractivity contribution in [2.75, 3.05) is 16.8 Å². The molecule has 2 aromatic rings. The van der Waals surface area contributed by atoms with E-state index in [9.17, 15) is 33.1 Å². The van der Waals surface area contributed by atoms with Gasteiger partial charge in [0.2, 0.25) is 6.41 Å². The van der Waals surface area contributed by atoms with Gasteiger partial charge in [-0.25, -0.2) is 9.78 Å². The minimum Gasteiger partial charge on any atom is -0.477 e. The van der Waals surface area contributed by atoms with Gasteiger partial charge >= 0.3 is 12.6 Å². The second-order valence-corrected chi connectivity index (χ2v) is 9.57. The molecular formula is C19H19F2N8O6S2+. The van der Waals surface area contributed by atoms with Gasteiger partial charge in [0.1, 0.15) is 22.8 Å². The third kappa shape index (κ3) is 5.10. The zero-order valence-electron chi connectivity index (χ0n) is 18.8. The highest BCUT2D eigenvalue weighted by Gasteiger charge is 2.55. The number of aliphatic carboxylic acids is 1. The third-order valence-electron chi connectivity index (χ3n) is 5.44. The number of thioether (sulfide) groups is 1. The van der Waals surface area contributed by atoms with E-state index in [0.29, 0.717) is 17.8 Å². The van der Waals surface area contributed by atoms with Crippen molar-refractivity contribution in [2.45, 2.75) is 24.6 Å². The molecule has 0 aromatic carbocycles. The maximum absolute atomic E-state index is 12.9. The standard InChI is InChI=1S/C19H18F2N8O6S2/c1-27-10(23-7-30)2-3-28(27)4-8-5-36-16-12(15(32)29(16)13(8)17(33)34)25-14(31)11(26-35-18(20)21)9-6-37-19(22)24-9/h2-3,6-7,12,16,18H,4-5H2,1H3,(H4,22,24,25,31,33,34)/p+1/t12-,16-/m1/s1. The van der Waals surface area contributed by atoms with Crippen molar-refractivity contribution in [3.8, 4) is 0 Å². The summed E-state index contributed by atoms with van der Waals surface area (Å²) in [5, 5.41) is 18.5. The lowest BCUT2D eigenvalue weighted by Crippen LogP contribution is -2.71. The molecule has 5 N–H and O–H groups in total. The number of carboxylic acids is 1. The molecule has 0 spiro atoms. The van der Waals surface area contributed by atoms with Crippen LogP contribution in [0.3, 0.4) is 0 Å². The summed E-state index contributed by atoms with van der Waals surface area (Å²) in [6.45, 7) is -3.19. The number of carbonyl (C=O) groups excluding carboxylic acids is 3. The molecule has 0 bridgehead atoms. The summed E-state index contributed by atoms with van der Waals surface area (Å²) in [4.78, 5) is 57.4. The molecule has 0 radical (unpaired) electrons. The van der Waals surface area contributed by atoms with Crippen LogP contribution in [0, 0.1) is 0 Å². The average Bonchev–Trinajstić information content (AvgIpc) is 3.42. The molecule has 0 aliphatic carbocycles. The number of carboxylic acid groups (broad SMARTS) is 1. The number of carbonyl (C=O) groups is 4. The highest BCUT2D eigenvalue weighted by molar-refractivity contribution is 8.00. The van der Waals surface area contributed by atoms with Crippen molar-refractivity contribution in [3.63, 3.8) is 0 Å². The van der Waals surface area contributed by atoms with Crippen LogP contribution in [0.25, 0.3) is 0 Å². The van der Waals surface area contributed by atoms with Crippen LogP contribution >= 0.6 is 23.1 Å². The van der Waals surface area contributed by atoms with E-state index in [4.69, 9.17) is 5.73 Å². The molecule has 196 valence electrons. The summed E-state index contributed by atoms with van der Waals surface area (Å²) >= 11 is 2.16. The molecule has 2 aliphatic heterocycles. The van der Waals surface area contributed by atoms with Crippen molar-refractivity contribution in [1.82, 2.24) is 19.9 Å². The highest BCUT2D eigenvalue weighted by atomic mass is 32.2. The summed E-state index contributed by atoms with van der Waals surface area (Å²) in [6, 6.07) is 0.480. The van der Waals surface area contributed by atoms with E-state index in [2.05, 4.69) is 25.6 Å². The molecule has 4 rings (SSSR count). The minimum atomic E-state index is -3.30. The zero-order valence-corrected chi connectivity index (χ0v) is 20.5. The number of β-lactam (4-membered cyclic amide) rings is 1. The van der Waals surface area contributed by atoms with E-state index in [1.165, 1.54) is 17.1 Å². The summed E-state index contributed by atoms with van der Waals surface area (Å²) in [6.07, 6.45) is 2.15. The van der Waals surface area contributed by atoms with Gasteiger partial charge in [0.15, 0.2) is 29.4 Å². The number of anilines is 2. The monoisotopic (exact) mass is 557 g/mol. The third-order valence-corrected chi connectivity index (χ3v) is 7.45. The molecule has 18 heteroatoms. The maximum Gasteiger partial charge on any atom is 0.407 e. The minimum absolute atomic E-state index is 0.0511. The van der Waals surface area contributed by atoms with Crippen LogP contribution in [-0.4, -0.2) is 73.4 Å². The summed E-state index contributed by atoms with van der Waals surface area (Å²) in [7, 11) is 1.67. The number of fused-ring (bicyclic) bond motifs is 1. The quantitative estimate of drug-likeness (QED) is 0.0964. The molecule has 0 unspecified atom stereocenters. The van der Waals surface area contributed by atoms with Crippen molar-refractivity contribution in [1.29, 1.82) is 0 Å². The number of hydrogen-bond donors (Lipinski definition) is 4. The summed E-state index contributed by atoms with van der Waals surface area (Å²) in [5.41, 5.74) is 5.01. The molecule has 37 heavy (non-hydrogen) atoms. The van der Waals surface area contributed by atoms with E-state index >= 15 is 0 Å². The Morgan fingerprint density at radius 1 is 1.49 bits per heavy atom. The van der Waals surface area contributed by atoms with Gasteiger partial charge in [-0.05, 0) is 0 Å². The number of hydrogen-bond acceptors (Lipinski definition) is 10. The van der Waals surface area contributed by atoms with Gasteiger partial charge in [0, 0.05) is 16.7 Å². The van der Waals surface area contributed by atoms with Crippen molar-refractivity contribution in [3.05, 3.63) is 34.6 Å². The Balaban J connectivity index is 1.54. The van der Waals surface area contributed by atoms with Crippen molar-refractivity contribution in [2.24, 2.45) is 12.2 Å². The van der Waals surface area contributed by atoms with Gasteiger partial charge in [0.25, 0.3) is 11.8 Å². The zero-order chi connectivity index (χ0) is 26.9. The van der Waals surface area contributed by atoms with E-state index in [-0.39, 0.29) is 28.8 Å². The Kier molecular flexibility index (Phi) is 7.39. The topological polar surface area (TPSA) is 185 Å². The van der Waals surface area contributed by atoms with Crippen molar-refractivity contribution < 1.29 is 42.6 Å². The number of oxime groups is 1. The van der Waals surface area contributed by atoms with Gasteiger partial charge < -0.3 is 26.3 Å². The lowest BCUT2D eigenvalue weighted by atomic mass is 10.0. The molecule has 2 aromatic heterocycles. The number of thiazole rings is 1. The first-order valence-electron chi connectivity index (χ1n) is 10.3. The lowest BCUT2D eigenvalue weighted by Gasteiger charge is -2.49. The Bertz CT molecular complexity index is 1330. The Morgan fingerprint density at radius 3 is 2.86 bits per heavy atom. The number of nitrogens with one attached hydrogen (secondary N) is 2. The van der Waals surface area contributed by atoms with Crippen LogP contribution < -0.4 is 21.0 Å². The fraction of sp³-hybridized carbons (Fsp3) is 0.316. The van der Waals surface area contributed by atoms with Gasteiger partial charge in [-0.15, -0.1) is 32.5 Å². The molecule has 1 saturated heterocycles. The van der Waals surface area contributed by atoms with Crippen molar-refractivity contribution >= 4 is 64.0 Å². The number of nitrogens with two attached hydrogens (primary N) is 1. The van der Waals surface area contributed by atoms with E-state index in [1.54, 1.807) is 28.7 Å². The van der Waals surface area contributed by atoms with E-state index in [0.717, 1.165) is 16.2 Å². The van der Waals surface area contributed by atoms with Gasteiger partial charge in [-0.2, -0.15) is 8.78 Å². The molecular weight excluding hydrogens is 538 g/mol. The Labute approximate surface area is 214 Å². The number of halogens is 2. The Hall–Kier alpha value is -4.06. The first-order chi connectivity index (χ1) is 17.6. The average molecular weight is 558 g/mol. The smallest absolute Gasteiger partial charge is 0.407 e. The second kappa shape index (κ2) is 10.5. The number of nitrogen functional groups attached to an aromatic ring is 1. The number of rotatable bonds is 10. The summed E-state index contributed by atoms with van der Waals surface area (Å²) < 4.78 is 28.3. The predicted octanol–water partition coefficient (Wildman–Crippen LogP) is -0.698. The lowest BCUT2D eigenvalue weighted by molar-refractivity contribution is -0.765. The van der Waals surface area contributed by atoms with Crippen LogP contribution in [-0.2, 0) is 37.6 Å². The second-order valence-electron chi connectivity index (χ2n) is 7.58. The number of nitrogens with zero attached hydrogens (tertiary/aromatic N) is 5. The predicted molar refractivity (Wildman–Crippen MR) is 125 cm³/mol.